The van der Waals surface area contributed by atoms with Crippen molar-refractivity contribution in [2.75, 3.05) is 6.61 Å². The summed E-state index contributed by atoms with van der Waals surface area (Å²) >= 11 is 7.72. The van der Waals surface area contributed by atoms with Crippen LogP contribution in [0.25, 0.3) is 0 Å². The van der Waals surface area contributed by atoms with Crippen LogP contribution in [0.3, 0.4) is 0 Å². The fraction of sp³-hybridized carbons (Fsp3) is 0.500. The van der Waals surface area contributed by atoms with Crippen molar-refractivity contribution < 1.29 is 9.53 Å². The van der Waals surface area contributed by atoms with Crippen LogP contribution >= 0.6 is 61.1 Å². The van der Waals surface area contributed by atoms with Gasteiger partial charge in [0.05, 0.1) is 6.76 Å². The Kier molecular flexibility index (Phi) is 7.95. The zero-order valence-corrected chi connectivity index (χ0v) is 11.9. The molecular formula is C6H8BrI2NO2. The molecule has 70 valence electrons. The van der Waals surface area contributed by atoms with Crippen LogP contribution in [-0.4, -0.2) is 19.5 Å². The van der Waals surface area contributed by atoms with E-state index in [-0.39, 0.29) is 3.92 Å². The second kappa shape index (κ2) is 7.36. The van der Waals surface area contributed by atoms with Crippen LogP contribution in [-0.2, 0) is 4.74 Å². The number of alkyl halides is 3. The lowest BCUT2D eigenvalue weighted by Gasteiger charge is -2.03. The van der Waals surface area contributed by atoms with Gasteiger partial charge in [-0.25, -0.2) is 4.79 Å². The molecule has 12 heavy (non-hydrogen) atoms. The summed E-state index contributed by atoms with van der Waals surface area (Å²) in [6.07, 6.45) is 3.20. The van der Waals surface area contributed by atoms with E-state index in [0.29, 0.717) is 9.44 Å². The zero-order chi connectivity index (χ0) is 9.56. The number of carbonyl (C=O) groups is 1. The number of rotatable bonds is 4. The minimum atomic E-state index is -0.727. The van der Waals surface area contributed by atoms with Crippen LogP contribution in [0.2, 0.25) is 0 Å². The van der Waals surface area contributed by atoms with Crippen molar-refractivity contribution in [1.29, 1.82) is 0 Å². The van der Waals surface area contributed by atoms with Gasteiger partial charge >= 0.3 is 6.09 Å². The number of hydrogen-bond donors (Lipinski definition) is 1. The summed E-state index contributed by atoms with van der Waals surface area (Å²) in [4.78, 5) is 10.2. The molecule has 2 N–H and O–H groups in total. The van der Waals surface area contributed by atoms with Gasteiger partial charge in [0.2, 0.25) is 0 Å². The molecular weight excluding hydrogens is 452 g/mol. The van der Waals surface area contributed by atoms with Crippen molar-refractivity contribution in [2.45, 2.75) is 6.76 Å². The highest BCUT2D eigenvalue weighted by Gasteiger charge is 2.02. The number of ether oxygens (including phenoxy) is 1. The molecule has 1 amide bonds. The van der Waals surface area contributed by atoms with Gasteiger partial charge in [-0.1, -0.05) is 73.3 Å². The molecule has 0 aliphatic heterocycles. The predicted molar refractivity (Wildman–Crippen MR) is 69.2 cm³/mol. The van der Waals surface area contributed by atoms with Crippen LogP contribution in [0.5, 0.6) is 0 Å². The predicted octanol–water partition coefficient (Wildman–Crippen LogP) is 2.60. The number of primary amides is 1. The molecule has 0 saturated carbocycles. The molecule has 0 aromatic heterocycles. The first-order valence-electron chi connectivity index (χ1n) is 3.05. The Bertz CT molecular complexity index is 175. The first-order chi connectivity index (χ1) is 5.52. The lowest BCUT2D eigenvalue weighted by atomic mass is 10.4. The molecule has 0 aliphatic carbocycles. The highest BCUT2D eigenvalue weighted by Crippen LogP contribution is 2.12. The maximum absolute atomic E-state index is 10.2. The Labute approximate surface area is 107 Å². The molecule has 0 saturated heterocycles. The molecule has 0 aliphatic rings. The Morgan fingerprint density at radius 1 is 1.58 bits per heavy atom. The van der Waals surface area contributed by atoms with Crippen LogP contribution < -0.4 is 5.73 Å². The molecule has 0 bridgehead atoms. The van der Waals surface area contributed by atoms with Crippen LogP contribution in [0, 0.1) is 0 Å². The lowest BCUT2D eigenvalue weighted by molar-refractivity contribution is 0.161. The number of allylic oxidation sites excluding steroid dienone is 1. The molecule has 2 unspecified atom stereocenters. The van der Waals surface area contributed by atoms with E-state index in [9.17, 15) is 4.79 Å². The maximum Gasteiger partial charge on any atom is 0.404 e. The van der Waals surface area contributed by atoms with E-state index in [2.05, 4.69) is 65.8 Å². The van der Waals surface area contributed by atoms with Crippen molar-refractivity contribution in [2.24, 2.45) is 5.73 Å². The molecule has 0 aromatic rings. The van der Waals surface area contributed by atoms with Crippen molar-refractivity contribution in [3.05, 3.63) is 12.2 Å². The smallest absolute Gasteiger partial charge is 0.404 e. The van der Waals surface area contributed by atoms with E-state index in [0.717, 1.165) is 0 Å². The highest BCUT2D eigenvalue weighted by atomic mass is 127. The number of nitrogens with two attached hydrogens (primary N) is 1. The average Bonchev–Trinajstić information content (AvgIpc) is 1.96. The summed E-state index contributed by atoms with van der Waals surface area (Å²) in [7, 11) is 0. The number of amides is 1. The minimum Gasteiger partial charge on any atom is -0.448 e. The molecule has 0 rings (SSSR count). The van der Waals surface area contributed by atoms with E-state index < -0.39 is 6.09 Å². The first-order valence-corrected chi connectivity index (χ1v) is 6.46. The van der Waals surface area contributed by atoms with E-state index in [1.807, 2.05) is 12.2 Å². The number of halogens is 3. The molecule has 0 radical (unpaired) electrons. The second-order valence-corrected chi connectivity index (χ2v) is 7.51. The Hall–Kier alpha value is 0.950. The summed E-state index contributed by atoms with van der Waals surface area (Å²) in [5.41, 5.74) is 4.80. The molecule has 0 fully saturated rings. The molecule has 0 aromatic carbocycles. The molecule has 0 spiro atoms. The number of carbonyl (C=O) groups excluding carboxylic acids is 1. The fourth-order valence-electron chi connectivity index (χ4n) is 0.422. The molecule has 6 heteroatoms. The quantitative estimate of drug-likeness (QED) is 0.399. The monoisotopic (exact) mass is 459 g/mol. The van der Waals surface area contributed by atoms with E-state index in [4.69, 9.17) is 5.73 Å². The summed E-state index contributed by atoms with van der Waals surface area (Å²) in [5.74, 6) is 0. The van der Waals surface area contributed by atoms with Gasteiger partial charge in [0.25, 0.3) is 0 Å². The molecule has 0 heterocycles. The van der Waals surface area contributed by atoms with Crippen LogP contribution in [0.4, 0.5) is 4.79 Å². The second-order valence-electron chi connectivity index (χ2n) is 1.87. The summed E-state index contributed by atoms with van der Waals surface area (Å²) in [6, 6.07) is 0. The van der Waals surface area contributed by atoms with Crippen LogP contribution in [0.15, 0.2) is 12.2 Å². The normalized spacial score (nSPS) is 15.9. The van der Waals surface area contributed by atoms with Gasteiger partial charge in [-0.05, 0) is 0 Å². The largest absolute Gasteiger partial charge is 0.448 e. The number of hydrogen-bond acceptors (Lipinski definition) is 2. The summed E-state index contributed by atoms with van der Waals surface area (Å²) in [5, 5.41) is 0. The van der Waals surface area contributed by atoms with Crippen molar-refractivity contribution in [1.82, 2.24) is 0 Å². The summed E-state index contributed by atoms with van der Waals surface area (Å²) in [6.45, 7) is 0.322. The van der Waals surface area contributed by atoms with Crippen molar-refractivity contribution in [3.8, 4) is 0 Å². The van der Waals surface area contributed by atoms with Gasteiger partial charge in [-0.3, -0.25) is 0 Å². The summed E-state index contributed by atoms with van der Waals surface area (Å²) < 4.78 is 5.08. The van der Waals surface area contributed by atoms with Gasteiger partial charge < -0.3 is 10.5 Å². The van der Waals surface area contributed by atoms with Gasteiger partial charge in [0.15, 0.2) is 0 Å². The Morgan fingerprint density at radius 3 is 2.58 bits per heavy atom. The molecule has 3 nitrogen and oxygen atoms in total. The van der Waals surface area contributed by atoms with Gasteiger partial charge in [-0.2, -0.15) is 0 Å². The minimum absolute atomic E-state index is 0.171. The maximum atomic E-state index is 10.2. The first kappa shape index (κ1) is 12.9. The van der Waals surface area contributed by atoms with Gasteiger partial charge in [-0.15, -0.1) is 0 Å². The average molecular weight is 460 g/mol. The lowest BCUT2D eigenvalue weighted by Crippen LogP contribution is -2.17. The Morgan fingerprint density at radius 2 is 2.17 bits per heavy atom. The van der Waals surface area contributed by atoms with E-state index in [1.165, 1.54) is 0 Å². The topological polar surface area (TPSA) is 52.3 Å². The highest BCUT2D eigenvalue weighted by molar-refractivity contribution is 14.1. The third-order valence-corrected chi connectivity index (χ3v) is 2.35. The van der Waals surface area contributed by atoms with Gasteiger partial charge in [0, 0.05) is 0 Å². The third-order valence-electron chi connectivity index (χ3n) is 0.850. The SMILES string of the molecule is NC(=O)OCC(I)C=CC(Br)I. The third kappa shape index (κ3) is 9.04. The van der Waals surface area contributed by atoms with Gasteiger partial charge in [0.1, 0.15) is 6.61 Å². The van der Waals surface area contributed by atoms with Crippen molar-refractivity contribution >= 4 is 67.2 Å². The fourth-order valence-corrected chi connectivity index (χ4v) is 1.26. The van der Waals surface area contributed by atoms with Crippen LogP contribution in [0.1, 0.15) is 0 Å². The van der Waals surface area contributed by atoms with E-state index in [1.54, 1.807) is 0 Å². The van der Waals surface area contributed by atoms with Crippen molar-refractivity contribution in [3.63, 3.8) is 0 Å². The standard InChI is InChI=1S/C6H8BrI2NO2/c7-5(9)2-1-4(8)3-12-6(10)11/h1-2,4-5H,3H2,(H2,10,11). The molecule has 2 atom stereocenters. The zero-order valence-electron chi connectivity index (χ0n) is 6.04. The van der Waals surface area contributed by atoms with E-state index >= 15 is 0 Å². The Balaban J connectivity index is 3.59.